The van der Waals surface area contributed by atoms with Crippen LogP contribution in [0.3, 0.4) is 0 Å². The van der Waals surface area contributed by atoms with Crippen LogP contribution in [0.2, 0.25) is 17.3 Å². The first-order valence-corrected chi connectivity index (χ1v) is 25.8. The summed E-state index contributed by atoms with van der Waals surface area (Å²) in [5.41, 5.74) is 3.12. The summed E-state index contributed by atoms with van der Waals surface area (Å²) >= 11 is 3.98. The topological polar surface area (TPSA) is 0 Å². The molecule has 31 heavy (non-hydrogen) atoms. The molecule has 0 fully saturated rings. The van der Waals surface area contributed by atoms with Crippen molar-refractivity contribution in [1.29, 1.82) is 0 Å². The third-order valence-corrected chi connectivity index (χ3v) is 58.6. The molecule has 0 radical (unpaired) electrons. The summed E-state index contributed by atoms with van der Waals surface area (Å²) in [4.78, 5) is 0. The number of hydrogen-bond acceptors (Lipinski definition) is 0. The standard InChI is InChI=1S/C8H20ClSi2.2C7H7.C5H5.Zr/c1-5-6-7-11(4)8(2,3)10-9;2*1-7-5-3-2-4-6-7;1-2-4-5-3-1;/h5-7,10H2,1-4H3;2*2-6H,1H2;1-3H,4H2;. The van der Waals surface area contributed by atoms with E-state index in [0.29, 0.717) is 4.66 Å². The molecule has 3 rings (SSSR count). The number of unbranched alkanes of at least 4 members (excludes halogenated alkanes) is 1. The molecule has 1 unspecified atom stereocenters. The quantitative estimate of drug-likeness (QED) is 0.199. The van der Waals surface area contributed by atoms with Gasteiger partial charge in [-0.1, -0.05) is 0 Å². The van der Waals surface area contributed by atoms with Crippen LogP contribution in [-0.2, 0) is 27.7 Å². The van der Waals surface area contributed by atoms with Crippen LogP contribution in [0.25, 0.3) is 0 Å². The third-order valence-electron chi connectivity index (χ3n) is 8.00. The second-order valence-electron chi connectivity index (χ2n) is 10.2. The summed E-state index contributed by atoms with van der Waals surface area (Å²) in [6, 6.07) is 24.3. The Morgan fingerprint density at radius 1 is 0.968 bits per heavy atom. The Morgan fingerprint density at radius 2 is 1.52 bits per heavy atom. The Morgan fingerprint density at radius 3 is 1.94 bits per heavy atom. The number of rotatable bonds is 11. The van der Waals surface area contributed by atoms with Crippen molar-refractivity contribution in [2.24, 2.45) is 0 Å². The summed E-state index contributed by atoms with van der Waals surface area (Å²) in [5.74, 6) is 0. The van der Waals surface area contributed by atoms with Crippen molar-refractivity contribution < 1.29 is 19.4 Å². The normalized spacial score (nSPS) is 16.6. The monoisotopic (exact) mass is 544 g/mol. The van der Waals surface area contributed by atoms with Gasteiger partial charge in [-0.25, -0.2) is 0 Å². The third kappa shape index (κ3) is 5.37. The Balaban J connectivity index is 2.24. The van der Waals surface area contributed by atoms with Crippen molar-refractivity contribution in [2.45, 2.75) is 65.5 Å². The van der Waals surface area contributed by atoms with Crippen molar-refractivity contribution in [3.05, 3.63) is 93.3 Å². The predicted molar refractivity (Wildman–Crippen MR) is 142 cm³/mol. The molecule has 166 valence electrons. The van der Waals surface area contributed by atoms with E-state index in [0.717, 1.165) is 0 Å². The van der Waals surface area contributed by atoms with Gasteiger partial charge >= 0.3 is 203 Å². The first-order chi connectivity index (χ1) is 14.9. The molecule has 4 heteroatoms. The van der Waals surface area contributed by atoms with Gasteiger partial charge in [-0.05, 0) is 0 Å². The van der Waals surface area contributed by atoms with Gasteiger partial charge in [0.15, 0.2) is 0 Å². The molecule has 2 aromatic carbocycles. The molecular formula is C27H39ClSi2Zr. The Hall–Kier alpha value is -0.473. The molecule has 0 bridgehead atoms. The summed E-state index contributed by atoms with van der Waals surface area (Å²) in [7, 11) is -0.636. The van der Waals surface area contributed by atoms with Crippen molar-refractivity contribution >= 4 is 25.1 Å². The number of hydrogen-bond donors (Lipinski definition) is 0. The first-order valence-electron chi connectivity index (χ1n) is 11.9. The molecule has 0 amide bonds. The van der Waals surface area contributed by atoms with E-state index in [4.69, 9.17) is 11.1 Å². The number of benzene rings is 2. The molecule has 1 aliphatic carbocycles. The van der Waals surface area contributed by atoms with Crippen LogP contribution >= 0.6 is 11.1 Å². The van der Waals surface area contributed by atoms with Crippen LogP contribution in [0.4, 0.5) is 0 Å². The second-order valence-corrected chi connectivity index (χ2v) is 40.7. The summed E-state index contributed by atoms with van der Waals surface area (Å²) < 4.78 is 4.89. The van der Waals surface area contributed by atoms with E-state index in [1.165, 1.54) is 33.6 Å². The SMILES string of the molecule is CCCC[Si](C)(C(C)(C)[SiH2]Cl)[Zr]([CH2]c1ccccc1)([CH2]c1ccccc1)[C]1=CC=CC1. The van der Waals surface area contributed by atoms with Gasteiger partial charge in [0.2, 0.25) is 0 Å². The fourth-order valence-electron chi connectivity index (χ4n) is 5.63. The molecule has 1 atom stereocenters. The van der Waals surface area contributed by atoms with E-state index in [1.54, 1.807) is 11.1 Å². The van der Waals surface area contributed by atoms with Gasteiger partial charge < -0.3 is 0 Å². The number of halogens is 1. The Kier molecular flexibility index (Phi) is 9.01. The van der Waals surface area contributed by atoms with E-state index in [-0.39, 0.29) is 0 Å². The van der Waals surface area contributed by atoms with Crippen LogP contribution in [0.1, 0.15) is 51.2 Å². The maximum absolute atomic E-state index is 6.95. The van der Waals surface area contributed by atoms with Gasteiger partial charge in [-0.2, -0.15) is 0 Å². The Bertz CT molecular complexity index is 850. The van der Waals surface area contributed by atoms with E-state index in [2.05, 4.69) is 106 Å². The fourth-order valence-corrected chi connectivity index (χ4v) is 62.6. The molecule has 0 saturated carbocycles. The molecule has 2 aromatic rings. The average Bonchev–Trinajstić information content (AvgIpc) is 3.33. The zero-order chi connectivity index (χ0) is 22.4. The van der Waals surface area contributed by atoms with Crippen molar-refractivity contribution in [2.75, 3.05) is 0 Å². The fraction of sp³-hybridized carbons (Fsp3) is 0.407. The molecule has 1 aliphatic rings. The van der Waals surface area contributed by atoms with Crippen molar-refractivity contribution in [3.63, 3.8) is 0 Å². The minimum absolute atomic E-state index is 0.368. The molecule has 0 heterocycles. The molecular weight excluding hydrogens is 507 g/mol. The molecule has 0 saturated heterocycles. The van der Waals surface area contributed by atoms with Gasteiger partial charge in [0.25, 0.3) is 0 Å². The maximum atomic E-state index is 6.95. The summed E-state index contributed by atoms with van der Waals surface area (Å²) in [6.07, 6.45) is 11.1. The molecule has 0 aliphatic heterocycles. The zero-order valence-electron chi connectivity index (χ0n) is 19.8. The van der Waals surface area contributed by atoms with Crippen LogP contribution in [0.15, 0.2) is 82.2 Å². The van der Waals surface area contributed by atoms with E-state index >= 15 is 0 Å². The zero-order valence-corrected chi connectivity index (χ0v) is 25.5. The summed E-state index contributed by atoms with van der Waals surface area (Å²) in [5, 5.41) is -1.68. The van der Waals surface area contributed by atoms with E-state index < -0.39 is 33.5 Å². The van der Waals surface area contributed by atoms with Gasteiger partial charge in [-0.15, -0.1) is 0 Å². The van der Waals surface area contributed by atoms with Gasteiger partial charge in [-0.3, -0.25) is 0 Å². The van der Waals surface area contributed by atoms with Crippen molar-refractivity contribution in [3.8, 4) is 0 Å². The summed E-state index contributed by atoms with van der Waals surface area (Å²) in [6.45, 7) is 10.3. The van der Waals surface area contributed by atoms with Crippen molar-refractivity contribution in [1.82, 2.24) is 0 Å². The molecule has 0 N–H and O–H groups in total. The van der Waals surface area contributed by atoms with Gasteiger partial charge in [0, 0.05) is 0 Å². The number of allylic oxidation sites excluding steroid dienone is 4. The second kappa shape index (κ2) is 11.1. The molecule has 0 spiro atoms. The van der Waals surface area contributed by atoms with Crippen LogP contribution in [-0.4, -0.2) is 14.0 Å². The first kappa shape index (κ1) is 25.2. The van der Waals surface area contributed by atoms with Crippen LogP contribution < -0.4 is 0 Å². The predicted octanol–water partition coefficient (Wildman–Crippen LogP) is 7.82. The van der Waals surface area contributed by atoms with Crippen LogP contribution in [0, 0.1) is 0 Å². The molecule has 0 aromatic heterocycles. The Labute approximate surface area is 202 Å². The minimum atomic E-state index is -2.96. The average molecular weight is 546 g/mol. The van der Waals surface area contributed by atoms with Gasteiger partial charge in [0.1, 0.15) is 0 Å². The van der Waals surface area contributed by atoms with E-state index in [9.17, 15) is 0 Å². The molecule has 0 nitrogen and oxygen atoms in total. The van der Waals surface area contributed by atoms with Gasteiger partial charge in [0.05, 0.1) is 0 Å². The van der Waals surface area contributed by atoms with E-state index in [1.807, 2.05) is 3.28 Å². The van der Waals surface area contributed by atoms with Crippen LogP contribution in [0.5, 0.6) is 0 Å².